The van der Waals surface area contributed by atoms with Crippen LogP contribution >= 0.6 is 0 Å². The first-order valence-electron chi connectivity index (χ1n) is 10.6. The number of hydrogen-bond acceptors (Lipinski definition) is 3. The summed E-state index contributed by atoms with van der Waals surface area (Å²) in [6.45, 7) is 0.674. The molecule has 0 aromatic heterocycles. The van der Waals surface area contributed by atoms with Crippen molar-refractivity contribution in [3.8, 4) is 0 Å². The molecule has 5 heteroatoms. The molecule has 2 aliphatic heterocycles. The fourth-order valence-corrected chi connectivity index (χ4v) is 4.33. The fourth-order valence-electron chi connectivity index (χ4n) is 4.33. The molecule has 154 valence electrons. The summed E-state index contributed by atoms with van der Waals surface area (Å²) in [7, 11) is 0. The van der Waals surface area contributed by atoms with Crippen LogP contribution in [0.2, 0.25) is 0 Å². The molecule has 31 heavy (non-hydrogen) atoms. The van der Waals surface area contributed by atoms with Gasteiger partial charge in [0.15, 0.2) is 0 Å². The Morgan fingerprint density at radius 2 is 1.58 bits per heavy atom. The van der Waals surface area contributed by atoms with Crippen LogP contribution < -0.4 is 9.80 Å². The van der Waals surface area contributed by atoms with E-state index in [1.807, 2.05) is 77.7 Å². The number of nitrogens with zero attached hydrogens (tertiary/aromatic N) is 3. The minimum atomic E-state index is -0.119. The second-order valence-electron chi connectivity index (χ2n) is 7.85. The van der Waals surface area contributed by atoms with E-state index in [1.54, 1.807) is 4.90 Å². The van der Waals surface area contributed by atoms with Crippen LogP contribution in [-0.2, 0) is 16.0 Å². The Morgan fingerprint density at radius 1 is 0.871 bits per heavy atom. The Labute approximate surface area is 181 Å². The van der Waals surface area contributed by atoms with Gasteiger partial charge in [0.1, 0.15) is 6.54 Å². The summed E-state index contributed by atoms with van der Waals surface area (Å²) in [5, 5.41) is 0. The molecule has 0 aliphatic carbocycles. The van der Waals surface area contributed by atoms with Gasteiger partial charge in [-0.05, 0) is 42.2 Å². The summed E-state index contributed by atoms with van der Waals surface area (Å²) < 4.78 is 0. The average molecular weight is 409 g/mol. The summed E-state index contributed by atoms with van der Waals surface area (Å²) in [6.07, 6.45) is 2.05. The summed E-state index contributed by atoms with van der Waals surface area (Å²) in [6, 6.07) is 25.3. The first kappa shape index (κ1) is 19.2. The summed E-state index contributed by atoms with van der Waals surface area (Å²) in [5.41, 5.74) is 5.16. The molecule has 0 atom stereocenters. The van der Waals surface area contributed by atoms with E-state index in [2.05, 4.69) is 6.07 Å². The Balaban J connectivity index is 1.46. The highest BCUT2D eigenvalue weighted by molar-refractivity contribution is 6.19. The Kier molecular flexibility index (Phi) is 5.08. The smallest absolute Gasteiger partial charge is 0.247 e. The molecule has 2 aliphatic rings. The SMILES string of the molecule is O=C(CN1C(=O)CC(c2ccccc2)=Nc2ccccc21)N1CCCc2ccccc21. The van der Waals surface area contributed by atoms with E-state index in [9.17, 15) is 9.59 Å². The Bertz CT molecular complexity index is 1170. The van der Waals surface area contributed by atoms with Gasteiger partial charge in [-0.3, -0.25) is 14.6 Å². The lowest BCUT2D eigenvalue weighted by Crippen LogP contribution is -2.45. The van der Waals surface area contributed by atoms with Gasteiger partial charge in [-0.2, -0.15) is 0 Å². The highest BCUT2D eigenvalue weighted by atomic mass is 16.2. The van der Waals surface area contributed by atoms with Crippen LogP contribution in [0.1, 0.15) is 24.0 Å². The summed E-state index contributed by atoms with van der Waals surface area (Å²) >= 11 is 0. The van der Waals surface area contributed by atoms with Gasteiger partial charge in [0.25, 0.3) is 0 Å². The quantitative estimate of drug-likeness (QED) is 0.639. The molecule has 0 saturated carbocycles. The number of carbonyl (C=O) groups is 2. The number of para-hydroxylation sites is 3. The molecule has 0 radical (unpaired) electrons. The maximum Gasteiger partial charge on any atom is 0.247 e. The van der Waals surface area contributed by atoms with Crippen molar-refractivity contribution in [2.75, 3.05) is 22.9 Å². The Morgan fingerprint density at radius 3 is 2.42 bits per heavy atom. The zero-order valence-electron chi connectivity index (χ0n) is 17.2. The van der Waals surface area contributed by atoms with E-state index in [0.29, 0.717) is 17.9 Å². The van der Waals surface area contributed by atoms with E-state index < -0.39 is 0 Å². The topological polar surface area (TPSA) is 53.0 Å². The van der Waals surface area contributed by atoms with Crippen molar-refractivity contribution in [2.24, 2.45) is 4.99 Å². The van der Waals surface area contributed by atoms with Crippen LogP contribution in [-0.4, -0.2) is 30.6 Å². The molecule has 0 spiro atoms. The van der Waals surface area contributed by atoms with E-state index in [1.165, 1.54) is 5.56 Å². The van der Waals surface area contributed by atoms with Crippen molar-refractivity contribution in [1.82, 2.24) is 0 Å². The monoisotopic (exact) mass is 409 g/mol. The number of carbonyl (C=O) groups excluding carboxylic acids is 2. The van der Waals surface area contributed by atoms with E-state index in [0.717, 1.165) is 29.8 Å². The van der Waals surface area contributed by atoms with Gasteiger partial charge < -0.3 is 9.80 Å². The maximum absolute atomic E-state index is 13.3. The van der Waals surface area contributed by atoms with E-state index in [4.69, 9.17) is 4.99 Å². The van der Waals surface area contributed by atoms with Crippen molar-refractivity contribution < 1.29 is 9.59 Å². The van der Waals surface area contributed by atoms with Gasteiger partial charge in [0.2, 0.25) is 11.8 Å². The molecular formula is C26H23N3O2. The van der Waals surface area contributed by atoms with Gasteiger partial charge in [-0.25, -0.2) is 0 Å². The summed E-state index contributed by atoms with van der Waals surface area (Å²) in [4.78, 5) is 34.8. The highest BCUT2D eigenvalue weighted by Gasteiger charge is 2.30. The molecule has 0 unspecified atom stereocenters. The standard InChI is InChI=1S/C26H23N3O2/c30-25-17-22(19-9-2-1-3-10-19)27-21-13-5-7-15-24(21)29(25)18-26(31)28-16-8-12-20-11-4-6-14-23(20)28/h1-7,9-11,13-15H,8,12,16-18H2. The fraction of sp³-hybridized carbons (Fsp3) is 0.192. The van der Waals surface area contributed by atoms with Gasteiger partial charge in [-0.15, -0.1) is 0 Å². The van der Waals surface area contributed by atoms with Crippen LogP contribution in [0.25, 0.3) is 0 Å². The second kappa shape index (κ2) is 8.19. The highest BCUT2D eigenvalue weighted by Crippen LogP contribution is 2.33. The minimum Gasteiger partial charge on any atom is -0.311 e. The largest absolute Gasteiger partial charge is 0.311 e. The Hall–Kier alpha value is -3.73. The molecule has 5 nitrogen and oxygen atoms in total. The van der Waals surface area contributed by atoms with Crippen molar-refractivity contribution in [3.05, 3.63) is 90.0 Å². The molecule has 0 bridgehead atoms. The van der Waals surface area contributed by atoms with E-state index >= 15 is 0 Å². The van der Waals surface area contributed by atoms with Crippen LogP contribution in [0, 0.1) is 0 Å². The first-order chi connectivity index (χ1) is 15.2. The number of amides is 2. The average Bonchev–Trinajstić information content (AvgIpc) is 2.96. The zero-order chi connectivity index (χ0) is 21.2. The summed E-state index contributed by atoms with van der Waals surface area (Å²) in [5.74, 6) is -0.190. The molecule has 2 heterocycles. The van der Waals surface area contributed by atoms with Gasteiger partial charge in [-0.1, -0.05) is 60.7 Å². The van der Waals surface area contributed by atoms with Crippen LogP contribution in [0.5, 0.6) is 0 Å². The molecule has 0 fully saturated rings. The lowest BCUT2D eigenvalue weighted by Gasteiger charge is -2.31. The predicted molar refractivity (Wildman–Crippen MR) is 123 cm³/mol. The molecule has 3 aromatic carbocycles. The molecule has 2 amide bonds. The van der Waals surface area contributed by atoms with Crippen molar-refractivity contribution in [3.63, 3.8) is 0 Å². The lowest BCUT2D eigenvalue weighted by atomic mass is 10.0. The predicted octanol–water partition coefficient (Wildman–Crippen LogP) is 4.52. The number of aliphatic imine (C=N–C) groups is 1. The van der Waals surface area contributed by atoms with Crippen LogP contribution in [0.4, 0.5) is 17.1 Å². The molecule has 3 aromatic rings. The molecule has 5 rings (SSSR count). The number of rotatable bonds is 3. The third-order valence-electron chi connectivity index (χ3n) is 5.86. The van der Waals surface area contributed by atoms with Crippen molar-refractivity contribution in [2.45, 2.75) is 19.3 Å². The number of hydrogen-bond donors (Lipinski definition) is 0. The number of benzene rings is 3. The van der Waals surface area contributed by atoms with Crippen molar-refractivity contribution >= 4 is 34.6 Å². The third-order valence-corrected chi connectivity index (χ3v) is 5.86. The minimum absolute atomic E-state index is 0.00176. The molecule has 0 N–H and O–H groups in total. The zero-order valence-corrected chi connectivity index (χ0v) is 17.2. The number of fused-ring (bicyclic) bond motifs is 2. The number of aryl methyl sites for hydroxylation is 1. The molecule has 0 saturated heterocycles. The lowest BCUT2D eigenvalue weighted by molar-refractivity contribution is -0.122. The normalized spacial score (nSPS) is 15.6. The second-order valence-corrected chi connectivity index (χ2v) is 7.85. The van der Waals surface area contributed by atoms with Gasteiger partial charge in [0, 0.05) is 12.2 Å². The maximum atomic E-state index is 13.3. The first-order valence-corrected chi connectivity index (χ1v) is 10.6. The van der Waals surface area contributed by atoms with Gasteiger partial charge in [0.05, 0.1) is 23.5 Å². The van der Waals surface area contributed by atoms with E-state index in [-0.39, 0.29) is 24.8 Å². The van der Waals surface area contributed by atoms with Crippen molar-refractivity contribution in [1.29, 1.82) is 0 Å². The van der Waals surface area contributed by atoms with Crippen LogP contribution in [0.15, 0.2) is 83.9 Å². The number of anilines is 2. The third kappa shape index (κ3) is 3.75. The van der Waals surface area contributed by atoms with Crippen LogP contribution in [0.3, 0.4) is 0 Å². The molecular weight excluding hydrogens is 386 g/mol. The van der Waals surface area contributed by atoms with Gasteiger partial charge >= 0.3 is 0 Å².